The summed E-state index contributed by atoms with van der Waals surface area (Å²) in [4.78, 5) is 14.1. The van der Waals surface area contributed by atoms with Crippen molar-refractivity contribution >= 4 is 75.2 Å². The van der Waals surface area contributed by atoms with Crippen LogP contribution in [0.25, 0.3) is 0 Å². The van der Waals surface area contributed by atoms with E-state index in [4.69, 9.17) is 51.5 Å². The van der Waals surface area contributed by atoms with Gasteiger partial charge in [0.25, 0.3) is 5.91 Å². The molecule has 0 saturated carbocycles. The molecule has 3 unspecified atom stereocenters. The number of rotatable bonds is 17. The van der Waals surface area contributed by atoms with E-state index in [1.807, 2.05) is 37.3 Å². The van der Waals surface area contributed by atoms with Gasteiger partial charge in [0.2, 0.25) is 6.04 Å². The molecule has 1 amide bonds. The number of phenolic OH excluding ortho intramolecular Hbond substituents is 1. The number of hydrazone groups is 1. The number of nitrogens with zero attached hydrogens (tertiary/aromatic N) is 5. The maximum Gasteiger partial charge on any atom is 0.282 e. The standard InChI is InChI=1S/C35H42Cl4N6O2/c1-3-4-5-6-7-8-10-15-26(21-20-24(2)36)42-44(27-16-11-9-12-17-27)34-32(41-40-30-18-13-14-19-31(30)46)35(47)45(43-34)33-28(38)22-25(37)23-29(33)39/h9,11-14,16-19,22-24,26,32,42,46H,3-8,10,15,20-21H2,1-2H3. The zero-order valence-electron chi connectivity index (χ0n) is 26.8. The summed E-state index contributed by atoms with van der Waals surface area (Å²) in [5, 5.41) is 27.4. The van der Waals surface area contributed by atoms with Gasteiger partial charge in [0.15, 0.2) is 5.84 Å². The van der Waals surface area contributed by atoms with E-state index < -0.39 is 11.9 Å². The quantitative estimate of drug-likeness (QED) is 0.0628. The van der Waals surface area contributed by atoms with Crippen LogP contribution in [0.4, 0.5) is 17.1 Å². The fourth-order valence-electron chi connectivity index (χ4n) is 5.35. The number of nitrogens with one attached hydrogen (secondary N) is 1. The van der Waals surface area contributed by atoms with Gasteiger partial charge in [0.05, 0.1) is 15.7 Å². The van der Waals surface area contributed by atoms with Crippen LogP contribution in [-0.4, -0.2) is 34.3 Å². The Bertz CT molecular complexity index is 1500. The number of azo groups is 1. The molecule has 8 nitrogen and oxygen atoms in total. The van der Waals surface area contributed by atoms with Gasteiger partial charge in [0.1, 0.15) is 17.1 Å². The lowest BCUT2D eigenvalue weighted by Gasteiger charge is -2.31. The fraction of sp³-hybridized carbons (Fsp3) is 0.429. The molecule has 0 fully saturated rings. The summed E-state index contributed by atoms with van der Waals surface area (Å²) in [5.74, 6) is -0.319. The van der Waals surface area contributed by atoms with E-state index in [2.05, 4.69) is 22.6 Å². The summed E-state index contributed by atoms with van der Waals surface area (Å²) in [6.07, 6.45) is 10.9. The van der Waals surface area contributed by atoms with Crippen molar-refractivity contribution in [2.75, 3.05) is 10.0 Å². The van der Waals surface area contributed by atoms with Gasteiger partial charge in [-0.15, -0.1) is 16.7 Å². The number of hydrazine groups is 1. The highest BCUT2D eigenvalue weighted by atomic mass is 35.5. The van der Waals surface area contributed by atoms with Crippen molar-refractivity contribution in [3.05, 3.63) is 81.8 Å². The number of amides is 1. The van der Waals surface area contributed by atoms with Gasteiger partial charge < -0.3 is 5.11 Å². The van der Waals surface area contributed by atoms with E-state index in [9.17, 15) is 9.90 Å². The van der Waals surface area contributed by atoms with Crippen molar-refractivity contribution in [1.82, 2.24) is 5.43 Å². The third kappa shape index (κ3) is 10.6. The van der Waals surface area contributed by atoms with Gasteiger partial charge >= 0.3 is 0 Å². The Labute approximate surface area is 297 Å². The third-order valence-electron chi connectivity index (χ3n) is 7.87. The summed E-state index contributed by atoms with van der Waals surface area (Å²) >= 11 is 25.7. The number of hydrogen-bond acceptors (Lipinski definition) is 7. The molecule has 3 atom stereocenters. The molecule has 1 heterocycles. The van der Waals surface area contributed by atoms with Crippen LogP contribution in [0.5, 0.6) is 5.75 Å². The molecular formula is C35H42Cl4N6O2. The van der Waals surface area contributed by atoms with Crippen molar-refractivity contribution < 1.29 is 9.90 Å². The molecule has 1 aliphatic heterocycles. The highest BCUT2D eigenvalue weighted by molar-refractivity contribution is 6.43. The van der Waals surface area contributed by atoms with Gasteiger partial charge in [-0.05, 0) is 62.6 Å². The Morgan fingerprint density at radius 3 is 2.21 bits per heavy atom. The number of anilines is 2. The Kier molecular flexibility index (Phi) is 14.6. The molecule has 0 radical (unpaired) electrons. The van der Waals surface area contributed by atoms with E-state index in [0.717, 1.165) is 42.8 Å². The lowest BCUT2D eigenvalue weighted by atomic mass is 10.0. The molecular weight excluding hydrogens is 678 g/mol. The predicted octanol–water partition coefficient (Wildman–Crippen LogP) is 11.1. The highest BCUT2D eigenvalue weighted by Crippen LogP contribution is 2.39. The molecule has 3 aromatic carbocycles. The number of unbranched alkanes of at least 4 members (excludes halogenated alkanes) is 6. The first kappa shape index (κ1) is 36.9. The summed E-state index contributed by atoms with van der Waals surface area (Å²) in [5.41, 5.74) is 4.83. The average molecular weight is 721 g/mol. The van der Waals surface area contributed by atoms with Crippen LogP contribution < -0.4 is 15.4 Å². The third-order valence-corrected chi connectivity index (χ3v) is 8.88. The first-order valence-electron chi connectivity index (χ1n) is 16.2. The van der Waals surface area contributed by atoms with E-state index in [0.29, 0.717) is 5.02 Å². The number of phenols is 1. The zero-order valence-corrected chi connectivity index (χ0v) is 29.8. The normalized spacial score (nSPS) is 16.1. The molecule has 0 spiro atoms. The van der Waals surface area contributed by atoms with Gasteiger partial charge in [-0.1, -0.05) is 117 Å². The Morgan fingerprint density at radius 1 is 0.915 bits per heavy atom. The van der Waals surface area contributed by atoms with Crippen molar-refractivity contribution in [2.45, 2.75) is 95.5 Å². The molecule has 1 aliphatic rings. The van der Waals surface area contributed by atoms with E-state index in [1.54, 1.807) is 23.2 Å². The number of halogens is 4. The largest absolute Gasteiger partial charge is 0.506 e. The highest BCUT2D eigenvalue weighted by Gasteiger charge is 2.43. The summed E-state index contributed by atoms with van der Waals surface area (Å²) in [6.45, 7) is 4.22. The first-order valence-corrected chi connectivity index (χ1v) is 17.8. The van der Waals surface area contributed by atoms with Crippen molar-refractivity contribution in [3.63, 3.8) is 0 Å². The van der Waals surface area contributed by atoms with Gasteiger partial charge in [-0.3, -0.25) is 9.80 Å². The number of hydrogen-bond donors (Lipinski definition) is 2. The molecule has 0 aromatic heterocycles. The maximum atomic E-state index is 14.1. The molecule has 4 rings (SSSR count). The molecule has 0 bridgehead atoms. The fourth-order valence-corrected chi connectivity index (χ4v) is 6.45. The van der Waals surface area contributed by atoms with Crippen LogP contribution in [0, 0.1) is 0 Å². The first-order chi connectivity index (χ1) is 22.7. The summed E-state index contributed by atoms with van der Waals surface area (Å²) < 4.78 is 0. The lowest BCUT2D eigenvalue weighted by Crippen LogP contribution is -2.52. The SMILES string of the molecule is CCCCCCCCCC(CCC(C)Cl)NN(C1=NN(c2c(Cl)cc(Cl)cc2Cl)C(=O)C1N=Nc1ccccc1O)c1ccccc1. The number of benzene rings is 3. The summed E-state index contributed by atoms with van der Waals surface area (Å²) in [7, 11) is 0. The van der Waals surface area contributed by atoms with E-state index in [-0.39, 0.29) is 44.4 Å². The molecule has 3 aromatic rings. The number of carbonyl (C=O) groups excluding carboxylic acids is 1. The average Bonchev–Trinajstić information content (AvgIpc) is 3.35. The van der Waals surface area contributed by atoms with Gasteiger partial charge in [-0.2, -0.15) is 15.2 Å². The van der Waals surface area contributed by atoms with Crippen LogP contribution >= 0.6 is 46.4 Å². The molecule has 252 valence electrons. The second-order valence-electron chi connectivity index (χ2n) is 11.7. The van der Waals surface area contributed by atoms with Crippen LogP contribution in [0.1, 0.15) is 78.1 Å². The minimum absolute atomic E-state index is 0.00805. The van der Waals surface area contributed by atoms with Crippen molar-refractivity contribution in [3.8, 4) is 5.75 Å². The Balaban J connectivity index is 1.72. The Hall–Kier alpha value is -2.88. The molecule has 2 N–H and O–H groups in total. The topological polar surface area (TPSA) is 92.9 Å². The molecule has 0 aliphatic carbocycles. The second kappa shape index (κ2) is 18.6. The second-order valence-corrected chi connectivity index (χ2v) is 13.7. The van der Waals surface area contributed by atoms with Gasteiger partial charge in [0, 0.05) is 16.4 Å². The molecule has 12 heteroatoms. The summed E-state index contributed by atoms with van der Waals surface area (Å²) in [6, 6.07) is 18.0. The monoisotopic (exact) mass is 718 g/mol. The minimum atomic E-state index is -1.20. The maximum absolute atomic E-state index is 14.1. The zero-order chi connectivity index (χ0) is 33.8. The van der Waals surface area contributed by atoms with E-state index >= 15 is 0 Å². The lowest BCUT2D eigenvalue weighted by molar-refractivity contribution is -0.117. The number of aromatic hydroxyl groups is 1. The van der Waals surface area contributed by atoms with Gasteiger partial charge in [-0.25, -0.2) is 5.43 Å². The predicted molar refractivity (Wildman–Crippen MR) is 196 cm³/mol. The number of alkyl halides is 1. The smallest absolute Gasteiger partial charge is 0.282 e. The Morgan fingerprint density at radius 2 is 1.55 bits per heavy atom. The van der Waals surface area contributed by atoms with E-state index in [1.165, 1.54) is 50.3 Å². The van der Waals surface area contributed by atoms with Crippen LogP contribution in [0.3, 0.4) is 0 Å². The molecule has 0 saturated heterocycles. The number of amidine groups is 1. The van der Waals surface area contributed by atoms with Crippen LogP contribution in [0.15, 0.2) is 82.1 Å². The molecule has 47 heavy (non-hydrogen) atoms. The van der Waals surface area contributed by atoms with Crippen LogP contribution in [-0.2, 0) is 4.79 Å². The minimum Gasteiger partial charge on any atom is -0.506 e. The number of para-hydroxylation sites is 2. The number of carbonyl (C=O) groups is 1. The van der Waals surface area contributed by atoms with Crippen molar-refractivity contribution in [1.29, 1.82) is 0 Å². The van der Waals surface area contributed by atoms with Crippen LogP contribution in [0.2, 0.25) is 15.1 Å². The van der Waals surface area contributed by atoms with Crippen molar-refractivity contribution in [2.24, 2.45) is 15.3 Å².